The smallest absolute Gasteiger partial charge is 0.308 e. The van der Waals surface area contributed by atoms with Crippen molar-refractivity contribution in [3.8, 4) is 0 Å². The molecule has 1 heterocycles. The Kier molecular flexibility index (Phi) is 4.13. The van der Waals surface area contributed by atoms with Crippen molar-refractivity contribution in [2.75, 3.05) is 19.0 Å². The van der Waals surface area contributed by atoms with Gasteiger partial charge in [-0.05, 0) is 18.2 Å². The number of fused-ring (bicyclic) bond motifs is 1. The van der Waals surface area contributed by atoms with Crippen LogP contribution in [-0.4, -0.2) is 24.2 Å². The number of nitrogens with zero attached hydrogens (tertiary/aromatic N) is 1. The highest BCUT2D eigenvalue weighted by molar-refractivity contribution is 7.16. The van der Waals surface area contributed by atoms with Crippen LogP contribution in [0.3, 0.4) is 0 Å². The average Bonchev–Trinajstić information content (AvgIpc) is 2.66. The van der Waals surface area contributed by atoms with E-state index in [1.54, 1.807) is 22.8 Å². The lowest BCUT2D eigenvalue weighted by Crippen LogP contribution is -2.16. The van der Waals surface area contributed by atoms with E-state index >= 15 is 0 Å². The number of aromatic nitrogens is 1. The molecular formula is C13H14N2O3S. The van der Waals surface area contributed by atoms with Gasteiger partial charge in [0.25, 0.3) is 0 Å². The summed E-state index contributed by atoms with van der Waals surface area (Å²) in [5.74, 6) is -0.222. The van der Waals surface area contributed by atoms with Crippen LogP contribution in [0.15, 0.2) is 35.6 Å². The predicted octanol–water partition coefficient (Wildman–Crippen LogP) is 1.83. The van der Waals surface area contributed by atoms with E-state index in [0.717, 1.165) is 21.6 Å². The van der Waals surface area contributed by atoms with Gasteiger partial charge in [-0.15, -0.1) is 6.58 Å². The van der Waals surface area contributed by atoms with Gasteiger partial charge in [0, 0.05) is 19.3 Å². The molecule has 1 aromatic heterocycles. The van der Waals surface area contributed by atoms with Gasteiger partial charge >= 0.3 is 4.87 Å². The number of nitrogens with one attached hydrogen (secondary N) is 1. The van der Waals surface area contributed by atoms with Crippen LogP contribution < -0.4 is 10.2 Å². The predicted molar refractivity (Wildman–Crippen MR) is 76.8 cm³/mol. The maximum atomic E-state index is 11.8. The van der Waals surface area contributed by atoms with Crippen molar-refractivity contribution in [3.63, 3.8) is 0 Å². The zero-order valence-corrected chi connectivity index (χ0v) is 11.3. The molecule has 0 spiro atoms. The lowest BCUT2D eigenvalue weighted by molar-refractivity contribution is -0.119. The number of hydrogen-bond donors (Lipinski definition) is 1. The molecule has 0 fully saturated rings. The number of benzene rings is 1. The second kappa shape index (κ2) is 5.81. The molecule has 0 radical (unpaired) electrons. The van der Waals surface area contributed by atoms with E-state index in [0.29, 0.717) is 12.2 Å². The standard InChI is InChI=1S/C13H14N2O3S/c1-3-6-15-10-5-4-9(14-12(16)8-18-2)7-11(10)19-13(15)17/h3-5,7H,1,6,8H2,2H3,(H,14,16). The molecule has 0 saturated heterocycles. The van der Waals surface area contributed by atoms with Crippen molar-refractivity contribution in [1.82, 2.24) is 4.57 Å². The fourth-order valence-electron chi connectivity index (χ4n) is 1.77. The molecule has 0 bridgehead atoms. The van der Waals surface area contributed by atoms with Crippen molar-refractivity contribution in [1.29, 1.82) is 0 Å². The third-order valence-electron chi connectivity index (χ3n) is 2.54. The molecule has 0 aliphatic heterocycles. The van der Waals surface area contributed by atoms with Crippen molar-refractivity contribution in [2.24, 2.45) is 0 Å². The summed E-state index contributed by atoms with van der Waals surface area (Å²) in [5, 5.41) is 2.71. The Balaban J connectivity index is 2.34. The van der Waals surface area contributed by atoms with Crippen LogP contribution in [0.4, 0.5) is 5.69 Å². The second-order valence-electron chi connectivity index (χ2n) is 3.93. The molecule has 6 heteroatoms. The van der Waals surface area contributed by atoms with Crippen molar-refractivity contribution < 1.29 is 9.53 Å². The van der Waals surface area contributed by atoms with Gasteiger partial charge in [-0.25, -0.2) is 0 Å². The first kappa shape index (κ1) is 13.5. The highest BCUT2D eigenvalue weighted by atomic mass is 32.1. The number of rotatable bonds is 5. The summed E-state index contributed by atoms with van der Waals surface area (Å²) in [6.45, 7) is 4.12. The molecule has 0 atom stereocenters. The Hall–Kier alpha value is -1.92. The number of methoxy groups -OCH3 is 1. The molecule has 5 nitrogen and oxygen atoms in total. The van der Waals surface area contributed by atoms with Crippen LogP contribution in [0, 0.1) is 0 Å². The van der Waals surface area contributed by atoms with Crippen LogP contribution in [0.5, 0.6) is 0 Å². The average molecular weight is 278 g/mol. The van der Waals surface area contributed by atoms with E-state index in [1.807, 2.05) is 6.07 Å². The lowest BCUT2D eigenvalue weighted by Gasteiger charge is -2.05. The van der Waals surface area contributed by atoms with Crippen LogP contribution >= 0.6 is 11.3 Å². The molecule has 100 valence electrons. The Labute approximate surface area is 114 Å². The number of ether oxygens (including phenoxy) is 1. The topological polar surface area (TPSA) is 60.3 Å². The zero-order chi connectivity index (χ0) is 13.8. The highest BCUT2D eigenvalue weighted by Gasteiger charge is 2.08. The number of thiazole rings is 1. The van der Waals surface area contributed by atoms with E-state index in [1.165, 1.54) is 7.11 Å². The number of anilines is 1. The third kappa shape index (κ3) is 2.91. The van der Waals surface area contributed by atoms with E-state index in [2.05, 4.69) is 11.9 Å². The molecule has 0 aliphatic rings. The molecule has 2 aromatic rings. The second-order valence-corrected chi connectivity index (χ2v) is 4.92. The summed E-state index contributed by atoms with van der Waals surface area (Å²) < 4.78 is 7.23. The number of amides is 1. The molecule has 1 N–H and O–H groups in total. The molecule has 19 heavy (non-hydrogen) atoms. The van der Waals surface area contributed by atoms with E-state index in [-0.39, 0.29) is 17.4 Å². The van der Waals surface area contributed by atoms with Crippen LogP contribution in [0.25, 0.3) is 10.2 Å². The van der Waals surface area contributed by atoms with Gasteiger partial charge in [0.15, 0.2) is 0 Å². The number of allylic oxidation sites excluding steroid dienone is 1. The summed E-state index contributed by atoms with van der Waals surface area (Å²) in [6.07, 6.45) is 1.68. The van der Waals surface area contributed by atoms with E-state index in [9.17, 15) is 9.59 Å². The Bertz CT molecular complexity index is 672. The normalized spacial score (nSPS) is 10.6. The fourth-order valence-corrected chi connectivity index (χ4v) is 2.71. The van der Waals surface area contributed by atoms with Gasteiger partial charge in [0.1, 0.15) is 6.61 Å². The fraction of sp³-hybridized carbons (Fsp3) is 0.231. The Morgan fingerprint density at radius 2 is 2.37 bits per heavy atom. The summed E-state index contributed by atoms with van der Waals surface area (Å²) in [7, 11) is 1.46. The maximum absolute atomic E-state index is 11.8. The van der Waals surface area contributed by atoms with Crippen LogP contribution in [0.2, 0.25) is 0 Å². The first-order valence-electron chi connectivity index (χ1n) is 5.68. The maximum Gasteiger partial charge on any atom is 0.308 e. The Morgan fingerprint density at radius 1 is 1.58 bits per heavy atom. The Morgan fingerprint density at radius 3 is 3.05 bits per heavy atom. The number of carbonyl (C=O) groups is 1. The molecular weight excluding hydrogens is 264 g/mol. The molecule has 0 saturated carbocycles. The molecule has 0 aliphatic carbocycles. The quantitative estimate of drug-likeness (QED) is 0.849. The van der Waals surface area contributed by atoms with E-state index in [4.69, 9.17) is 4.74 Å². The van der Waals surface area contributed by atoms with Crippen LogP contribution in [-0.2, 0) is 16.1 Å². The van der Waals surface area contributed by atoms with Gasteiger partial charge in [-0.1, -0.05) is 17.4 Å². The van der Waals surface area contributed by atoms with Gasteiger partial charge in [0.05, 0.1) is 10.2 Å². The lowest BCUT2D eigenvalue weighted by atomic mass is 10.3. The van der Waals surface area contributed by atoms with Crippen LogP contribution in [0.1, 0.15) is 0 Å². The minimum absolute atomic E-state index is 0.00570. The highest BCUT2D eigenvalue weighted by Crippen LogP contribution is 2.21. The monoisotopic (exact) mass is 278 g/mol. The van der Waals surface area contributed by atoms with Gasteiger partial charge in [-0.2, -0.15) is 0 Å². The van der Waals surface area contributed by atoms with Crippen molar-refractivity contribution in [2.45, 2.75) is 6.54 Å². The summed E-state index contributed by atoms with van der Waals surface area (Å²) in [5.41, 5.74) is 1.50. The van der Waals surface area contributed by atoms with Gasteiger partial charge in [0.2, 0.25) is 5.91 Å². The van der Waals surface area contributed by atoms with Gasteiger partial charge in [-0.3, -0.25) is 14.2 Å². The van der Waals surface area contributed by atoms with E-state index < -0.39 is 0 Å². The van der Waals surface area contributed by atoms with Gasteiger partial charge < -0.3 is 10.1 Å². The first-order chi connectivity index (χ1) is 9.15. The number of hydrogen-bond acceptors (Lipinski definition) is 4. The molecule has 0 unspecified atom stereocenters. The SMILES string of the molecule is C=CCn1c(=O)sc2cc(NC(=O)COC)ccc21. The minimum atomic E-state index is -0.222. The summed E-state index contributed by atoms with van der Waals surface area (Å²) in [4.78, 5) is 23.2. The molecule has 1 aromatic carbocycles. The summed E-state index contributed by atoms with van der Waals surface area (Å²) >= 11 is 1.15. The first-order valence-corrected chi connectivity index (χ1v) is 6.50. The largest absolute Gasteiger partial charge is 0.375 e. The summed E-state index contributed by atoms with van der Waals surface area (Å²) in [6, 6.07) is 5.37. The number of carbonyl (C=O) groups excluding carboxylic acids is 1. The van der Waals surface area contributed by atoms with Crippen molar-refractivity contribution >= 4 is 33.1 Å². The third-order valence-corrected chi connectivity index (χ3v) is 3.48. The molecule has 2 rings (SSSR count). The van der Waals surface area contributed by atoms with Crippen molar-refractivity contribution in [3.05, 3.63) is 40.5 Å². The molecule has 1 amide bonds. The zero-order valence-electron chi connectivity index (χ0n) is 10.5. The minimum Gasteiger partial charge on any atom is -0.375 e.